The van der Waals surface area contributed by atoms with Crippen molar-refractivity contribution >= 4 is 23.4 Å². The number of nitrogens with zero attached hydrogens (tertiary/aromatic N) is 1. The van der Waals surface area contributed by atoms with Crippen LogP contribution in [0.15, 0.2) is 24.3 Å². The summed E-state index contributed by atoms with van der Waals surface area (Å²) in [7, 11) is 1.76. The minimum absolute atomic E-state index is 0.00789. The molecule has 0 aromatic heterocycles. The number of hydrogen-bond acceptors (Lipinski definition) is 2. The Hall–Kier alpha value is -1.55. The molecule has 1 saturated carbocycles. The molecule has 0 radical (unpaired) electrons. The normalized spacial score (nSPS) is 16.7. The van der Waals surface area contributed by atoms with Crippen LogP contribution in [0.3, 0.4) is 0 Å². The van der Waals surface area contributed by atoms with Gasteiger partial charge < -0.3 is 10.2 Å². The highest BCUT2D eigenvalue weighted by atomic mass is 35.5. The smallest absolute Gasteiger partial charge is 0.225 e. The van der Waals surface area contributed by atoms with Crippen molar-refractivity contribution in [3.8, 4) is 0 Å². The van der Waals surface area contributed by atoms with Crippen molar-refractivity contribution in [1.82, 2.24) is 10.2 Å². The van der Waals surface area contributed by atoms with Gasteiger partial charge in [0.1, 0.15) is 0 Å². The van der Waals surface area contributed by atoms with Crippen LogP contribution in [-0.2, 0) is 9.59 Å². The third-order valence-corrected chi connectivity index (χ3v) is 5.92. The lowest BCUT2D eigenvalue weighted by atomic mass is 9.90. The van der Waals surface area contributed by atoms with Crippen molar-refractivity contribution in [2.75, 3.05) is 13.6 Å². The summed E-state index contributed by atoms with van der Waals surface area (Å²) in [6, 6.07) is 7.82. The topological polar surface area (TPSA) is 49.4 Å². The molecule has 1 aromatic rings. The Morgan fingerprint density at radius 2 is 2.00 bits per heavy atom. The Balaban J connectivity index is 2.16. The van der Waals surface area contributed by atoms with E-state index in [0.717, 1.165) is 37.7 Å². The zero-order valence-electron chi connectivity index (χ0n) is 16.8. The van der Waals surface area contributed by atoms with Crippen LogP contribution in [0.2, 0.25) is 5.02 Å². The molecule has 27 heavy (non-hydrogen) atoms. The van der Waals surface area contributed by atoms with E-state index in [1.807, 2.05) is 18.2 Å². The molecule has 4 nitrogen and oxygen atoms in total. The van der Waals surface area contributed by atoms with Crippen LogP contribution in [0.4, 0.5) is 0 Å². The number of benzene rings is 1. The molecule has 2 amide bonds. The van der Waals surface area contributed by atoms with Gasteiger partial charge in [-0.05, 0) is 42.9 Å². The van der Waals surface area contributed by atoms with Crippen molar-refractivity contribution < 1.29 is 9.59 Å². The van der Waals surface area contributed by atoms with Crippen molar-refractivity contribution in [1.29, 1.82) is 0 Å². The molecule has 150 valence electrons. The second-order valence-electron chi connectivity index (χ2n) is 7.82. The highest BCUT2D eigenvalue weighted by molar-refractivity contribution is 6.30. The third-order valence-electron chi connectivity index (χ3n) is 5.69. The molecule has 2 atom stereocenters. The van der Waals surface area contributed by atoms with E-state index in [1.54, 1.807) is 18.9 Å². The molecular formula is C22H33ClN2O2. The van der Waals surface area contributed by atoms with Crippen molar-refractivity contribution in [2.24, 2.45) is 11.8 Å². The summed E-state index contributed by atoms with van der Waals surface area (Å²) in [4.78, 5) is 26.4. The number of halogens is 1. The summed E-state index contributed by atoms with van der Waals surface area (Å²) in [6.07, 6.45) is 7.50. The first-order valence-corrected chi connectivity index (χ1v) is 10.6. The van der Waals surface area contributed by atoms with Crippen molar-refractivity contribution in [3.05, 3.63) is 34.9 Å². The van der Waals surface area contributed by atoms with Gasteiger partial charge in [-0.3, -0.25) is 9.59 Å². The molecule has 0 spiro atoms. The number of rotatable bonds is 9. The molecule has 1 fully saturated rings. The van der Waals surface area contributed by atoms with E-state index < -0.39 is 0 Å². The van der Waals surface area contributed by atoms with Gasteiger partial charge in [0.25, 0.3) is 0 Å². The van der Waals surface area contributed by atoms with Gasteiger partial charge in [0.05, 0.1) is 12.0 Å². The molecule has 1 N–H and O–H groups in total. The lowest BCUT2D eigenvalue weighted by Gasteiger charge is -2.29. The first-order valence-electron chi connectivity index (χ1n) is 10.2. The molecule has 0 saturated heterocycles. The highest BCUT2D eigenvalue weighted by Crippen LogP contribution is 2.36. The molecular weight excluding hydrogens is 360 g/mol. The second-order valence-corrected chi connectivity index (χ2v) is 8.26. The number of unbranched alkanes of at least 4 members (excludes halogenated alkanes) is 1. The predicted octanol–water partition coefficient (Wildman–Crippen LogP) is 4.97. The van der Waals surface area contributed by atoms with Crippen molar-refractivity contribution in [3.63, 3.8) is 0 Å². The average molecular weight is 393 g/mol. The number of amides is 2. The molecule has 1 aromatic carbocycles. The fraction of sp³-hybridized carbons (Fsp3) is 0.636. The average Bonchev–Trinajstić information content (AvgIpc) is 3.16. The largest absolute Gasteiger partial charge is 0.349 e. The van der Waals surface area contributed by atoms with E-state index in [4.69, 9.17) is 11.6 Å². The van der Waals surface area contributed by atoms with Gasteiger partial charge in [0, 0.05) is 25.5 Å². The Morgan fingerprint density at radius 1 is 1.30 bits per heavy atom. The van der Waals surface area contributed by atoms with Crippen LogP contribution in [0, 0.1) is 11.8 Å². The standard InChI is InChI=1S/C22H33ClN2O2/c1-4-5-9-19(15-25(3)16(2)26)22(27)24-21(17-10-6-7-11-17)18-12-8-13-20(23)14-18/h8,12-14,17,19,21H,4-7,9-11,15H2,1-3H3,(H,24,27)/t19-,21-/m0/s1. The molecule has 1 aliphatic rings. The van der Waals surface area contributed by atoms with E-state index in [0.29, 0.717) is 17.5 Å². The van der Waals surface area contributed by atoms with Crippen LogP contribution in [0.5, 0.6) is 0 Å². The molecule has 1 aliphatic carbocycles. The second kappa shape index (κ2) is 10.7. The summed E-state index contributed by atoms with van der Waals surface area (Å²) >= 11 is 6.21. The maximum absolute atomic E-state index is 13.2. The summed E-state index contributed by atoms with van der Waals surface area (Å²) in [5.41, 5.74) is 1.08. The van der Waals surface area contributed by atoms with Crippen LogP contribution in [0.1, 0.15) is 70.4 Å². The van der Waals surface area contributed by atoms with Gasteiger partial charge in [-0.15, -0.1) is 0 Å². The van der Waals surface area contributed by atoms with Gasteiger partial charge in [-0.25, -0.2) is 0 Å². The summed E-state index contributed by atoms with van der Waals surface area (Å²) in [5, 5.41) is 4.02. The van der Waals surface area contributed by atoms with E-state index in [2.05, 4.69) is 18.3 Å². The van der Waals surface area contributed by atoms with Crippen LogP contribution >= 0.6 is 11.6 Å². The SMILES string of the molecule is CCCC[C@@H](CN(C)C(C)=O)C(=O)N[C@H](c1cccc(Cl)c1)C1CCCC1. The predicted molar refractivity (Wildman–Crippen MR) is 111 cm³/mol. The first kappa shape index (κ1) is 21.7. The highest BCUT2D eigenvalue weighted by Gasteiger charge is 2.30. The lowest BCUT2D eigenvalue weighted by molar-refractivity contribution is -0.131. The van der Waals surface area contributed by atoms with E-state index >= 15 is 0 Å². The summed E-state index contributed by atoms with van der Waals surface area (Å²) in [6.45, 7) is 4.13. The minimum Gasteiger partial charge on any atom is -0.349 e. The zero-order chi connectivity index (χ0) is 19.8. The van der Waals surface area contributed by atoms with Crippen LogP contribution in [-0.4, -0.2) is 30.3 Å². The quantitative estimate of drug-likeness (QED) is 0.644. The van der Waals surface area contributed by atoms with Crippen LogP contribution in [0.25, 0.3) is 0 Å². The van der Waals surface area contributed by atoms with Gasteiger partial charge in [0.2, 0.25) is 11.8 Å². The van der Waals surface area contributed by atoms with E-state index in [9.17, 15) is 9.59 Å². The Morgan fingerprint density at radius 3 is 2.59 bits per heavy atom. The fourth-order valence-corrected chi connectivity index (χ4v) is 4.15. The number of nitrogens with one attached hydrogen (secondary N) is 1. The van der Waals surface area contributed by atoms with Crippen LogP contribution < -0.4 is 5.32 Å². The lowest BCUT2D eigenvalue weighted by Crippen LogP contribution is -2.42. The molecule has 5 heteroatoms. The van der Waals surface area contributed by atoms with Gasteiger partial charge in [0.15, 0.2) is 0 Å². The van der Waals surface area contributed by atoms with Gasteiger partial charge in [-0.1, -0.05) is 56.3 Å². The molecule has 0 heterocycles. The number of carbonyl (C=O) groups is 2. The summed E-state index contributed by atoms with van der Waals surface area (Å²) < 4.78 is 0. The van der Waals surface area contributed by atoms with Gasteiger partial charge in [-0.2, -0.15) is 0 Å². The maximum Gasteiger partial charge on any atom is 0.225 e. The maximum atomic E-state index is 13.2. The molecule has 0 unspecified atom stereocenters. The fourth-order valence-electron chi connectivity index (χ4n) is 3.95. The Labute approximate surface area is 168 Å². The molecule has 0 bridgehead atoms. The molecule has 0 aliphatic heterocycles. The van der Waals surface area contributed by atoms with Gasteiger partial charge >= 0.3 is 0 Å². The summed E-state index contributed by atoms with van der Waals surface area (Å²) in [5.74, 6) is 0.312. The first-order chi connectivity index (χ1) is 12.9. The van der Waals surface area contributed by atoms with Crippen molar-refractivity contribution in [2.45, 2.75) is 64.8 Å². The zero-order valence-corrected chi connectivity index (χ0v) is 17.6. The Bertz CT molecular complexity index is 628. The molecule has 2 rings (SSSR count). The minimum atomic E-state index is -0.179. The Kier molecular flexibility index (Phi) is 8.62. The third kappa shape index (κ3) is 6.53. The number of carbonyl (C=O) groups excluding carboxylic acids is 2. The van der Waals surface area contributed by atoms with E-state index in [-0.39, 0.29) is 23.8 Å². The number of hydrogen-bond donors (Lipinski definition) is 1. The van der Waals surface area contributed by atoms with E-state index in [1.165, 1.54) is 12.8 Å². The monoisotopic (exact) mass is 392 g/mol.